The Bertz CT molecular complexity index is 807. The Morgan fingerprint density at radius 3 is 2.61 bits per heavy atom. The van der Waals surface area contributed by atoms with Crippen LogP contribution >= 0.6 is 0 Å². The fourth-order valence-electron chi connectivity index (χ4n) is 5.14. The molecular formula is C22H33N3O2S. The molecule has 1 spiro atoms. The number of sulfonamides is 1. The van der Waals surface area contributed by atoms with Crippen LogP contribution in [0.1, 0.15) is 38.2 Å². The Balaban J connectivity index is 1.16. The first-order valence-corrected chi connectivity index (χ1v) is 12.4. The van der Waals surface area contributed by atoms with Crippen molar-refractivity contribution in [1.29, 1.82) is 0 Å². The molecule has 0 aromatic heterocycles. The van der Waals surface area contributed by atoms with Crippen molar-refractivity contribution in [2.45, 2.75) is 44.7 Å². The third-order valence-electron chi connectivity index (χ3n) is 6.55. The molecule has 5 nitrogen and oxygen atoms in total. The van der Waals surface area contributed by atoms with Crippen molar-refractivity contribution in [1.82, 2.24) is 14.9 Å². The summed E-state index contributed by atoms with van der Waals surface area (Å²) < 4.78 is 24.8. The lowest BCUT2D eigenvalue weighted by Gasteiger charge is -2.59. The smallest absolute Gasteiger partial charge is 0.208 e. The molecule has 2 N–H and O–H groups in total. The lowest BCUT2D eigenvalue weighted by Crippen LogP contribution is -2.66. The van der Waals surface area contributed by atoms with Gasteiger partial charge in [-0.1, -0.05) is 48.9 Å². The van der Waals surface area contributed by atoms with Gasteiger partial charge in [-0.3, -0.25) is 0 Å². The molecule has 6 heteroatoms. The number of hydrogen-bond donors (Lipinski definition) is 2. The van der Waals surface area contributed by atoms with Crippen molar-refractivity contribution >= 4 is 16.1 Å². The summed E-state index contributed by atoms with van der Waals surface area (Å²) >= 11 is 0. The SMILES string of the molecule is CC/C(=C\c1ccccc1)[C@H]1C[C@@H]1NC1CC2(C1)CN(CCNS(C)(=O)=O)C2. The molecule has 1 aromatic carbocycles. The summed E-state index contributed by atoms with van der Waals surface area (Å²) in [5, 5.41) is 3.89. The van der Waals surface area contributed by atoms with Crippen LogP contribution in [0.3, 0.4) is 0 Å². The van der Waals surface area contributed by atoms with Gasteiger partial charge >= 0.3 is 0 Å². The normalized spacial score (nSPS) is 27.4. The van der Waals surface area contributed by atoms with Crippen molar-refractivity contribution in [2.75, 3.05) is 32.4 Å². The molecule has 2 aliphatic carbocycles. The lowest BCUT2D eigenvalue weighted by molar-refractivity contribution is -0.0775. The first kappa shape index (κ1) is 20.1. The number of rotatable bonds is 9. The molecule has 0 bridgehead atoms. The Hall–Kier alpha value is -1.21. The molecule has 3 fully saturated rings. The lowest BCUT2D eigenvalue weighted by atomic mass is 9.60. The van der Waals surface area contributed by atoms with E-state index in [9.17, 15) is 8.42 Å². The van der Waals surface area contributed by atoms with Gasteiger partial charge in [0.15, 0.2) is 0 Å². The van der Waals surface area contributed by atoms with Crippen molar-refractivity contribution in [3.8, 4) is 0 Å². The minimum Gasteiger partial charge on any atom is -0.311 e. The molecule has 2 atom stereocenters. The van der Waals surface area contributed by atoms with Gasteiger partial charge in [0, 0.05) is 38.3 Å². The van der Waals surface area contributed by atoms with E-state index >= 15 is 0 Å². The molecule has 1 saturated heterocycles. The molecule has 154 valence electrons. The van der Waals surface area contributed by atoms with E-state index in [2.05, 4.69) is 58.3 Å². The van der Waals surface area contributed by atoms with E-state index in [-0.39, 0.29) is 0 Å². The van der Waals surface area contributed by atoms with Crippen LogP contribution in [0.4, 0.5) is 0 Å². The van der Waals surface area contributed by atoms with Crippen molar-refractivity contribution in [3.63, 3.8) is 0 Å². The van der Waals surface area contributed by atoms with E-state index in [1.807, 2.05) is 0 Å². The second kappa shape index (κ2) is 7.90. The molecule has 1 aromatic rings. The summed E-state index contributed by atoms with van der Waals surface area (Å²) in [6.45, 7) is 5.86. The van der Waals surface area contributed by atoms with Crippen LogP contribution < -0.4 is 10.0 Å². The van der Waals surface area contributed by atoms with E-state index in [0.717, 1.165) is 26.1 Å². The van der Waals surface area contributed by atoms with Crippen LogP contribution in [0.5, 0.6) is 0 Å². The molecule has 1 aliphatic heterocycles. The molecule has 1 heterocycles. The third kappa shape index (κ3) is 4.85. The maximum absolute atomic E-state index is 11.1. The van der Waals surface area contributed by atoms with E-state index < -0.39 is 10.0 Å². The number of nitrogens with one attached hydrogen (secondary N) is 2. The average molecular weight is 404 g/mol. The summed E-state index contributed by atoms with van der Waals surface area (Å²) in [7, 11) is -3.07. The highest BCUT2D eigenvalue weighted by Crippen LogP contribution is 2.50. The zero-order chi connectivity index (χ0) is 19.8. The molecule has 28 heavy (non-hydrogen) atoms. The predicted molar refractivity (Wildman–Crippen MR) is 114 cm³/mol. The van der Waals surface area contributed by atoms with Gasteiger partial charge in [-0.15, -0.1) is 0 Å². The highest BCUT2D eigenvalue weighted by molar-refractivity contribution is 7.88. The molecule has 0 amide bonds. The van der Waals surface area contributed by atoms with Crippen molar-refractivity contribution < 1.29 is 8.42 Å². The maximum atomic E-state index is 11.1. The Kier molecular flexibility index (Phi) is 5.67. The van der Waals surface area contributed by atoms with Gasteiger partial charge in [0.2, 0.25) is 10.0 Å². The minimum absolute atomic E-state index is 0.501. The first-order valence-electron chi connectivity index (χ1n) is 10.5. The van der Waals surface area contributed by atoms with E-state index in [1.54, 1.807) is 5.57 Å². The molecule has 3 aliphatic rings. The zero-order valence-electron chi connectivity index (χ0n) is 17.0. The minimum atomic E-state index is -3.07. The van der Waals surface area contributed by atoms with Crippen LogP contribution in [0.2, 0.25) is 0 Å². The Morgan fingerprint density at radius 1 is 1.25 bits per heavy atom. The van der Waals surface area contributed by atoms with Crippen molar-refractivity contribution in [2.24, 2.45) is 11.3 Å². The molecular weight excluding hydrogens is 370 g/mol. The number of likely N-dealkylation sites (tertiary alicyclic amines) is 1. The summed E-state index contributed by atoms with van der Waals surface area (Å²) in [5.41, 5.74) is 3.39. The van der Waals surface area contributed by atoms with Crippen LogP contribution in [0.15, 0.2) is 35.9 Å². The third-order valence-corrected chi connectivity index (χ3v) is 7.27. The largest absolute Gasteiger partial charge is 0.311 e. The second-order valence-electron chi connectivity index (χ2n) is 9.08. The average Bonchev–Trinajstić information content (AvgIpc) is 3.34. The summed E-state index contributed by atoms with van der Waals surface area (Å²) in [6, 6.07) is 12.0. The fraction of sp³-hybridized carbons (Fsp3) is 0.636. The van der Waals surface area contributed by atoms with Gasteiger partial charge in [-0.2, -0.15) is 0 Å². The van der Waals surface area contributed by atoms with Crippen LogP contribution in [0.25, 0.3) is 6.08 Å². The molecule has 0 radical (unpaired) electrons. The fourth-order valence-corrected chi connectivity index (χ4v) is 5.60. The van der Waals surface area contributed by atoms with E-state index in [0.29, 0.717) is 30.0 Å². The van der Waals surface area contributed by atoms with Gasteiger partial charge < -0.3 is 10.2 Å². The summed E-state index contributed by atoms with van der Waals surface area (Å²) in [4.78, 5) is 2.37. The topological polar surface area (TPSA) is 61.4 Å². The monoisotopic (exact) mass is 403 g/mol. The zero-order valence-corrected chi connectivity index (χ0v) is 17.8. The highest BCUT2D eigenvalue weighted by atomic mass is 32.2. The van der Waals surface area contributed by atoms with E-state index in [1.165, 1.54) is 31.1 Å². The Labute approximate surface area is 169 Å². The number of hydrogen-bond acceptors (Lipinski definition) is 4. The van der Waals surface area contributed by atoms with Gasteiger partial charge in [-0.25, -0.2) is 13.1 Å². The standard InChI is InChI=1S/C22H33N3O2S/c1-3-18(11-17-7-5-4-6-8-17)20-12-21(20)24-19-13-22(14-19)15-25(16-22)10-9-23-28(2,26)27/h4-8,11,19-21,23-24H,3,9-10,12-16H2,1-2H3/b18-11+/t20-,21+/m1/s1. The Morgan fingerprint density at radius 2 is 1.96 bits per heavy atom. The van der Waals surface area contributed by atoms with Crippen LogP contribution in [-0.4, -0.2) is 57.8 Å². The van der Waals surface area contributed by atoms with E-state index in [4.69, 9.17) is 0 Å². The van der Waals surface area contributed by atoms with Crippen LogP contribution in [-0.2, 0) is 10.0 Å². The number of nitrogens with zero attached hydrogens (tertiary/aromatic N) is 1. The van der Waals surface area contributed by atoms with Gasteiger partial charge in [0.25, 0.3) is 0 Å². The molecule has 0 unspecified atom stereocenters. The summed E-state index contributed by atoms with van der Waals surface area (Å²) in [6.07, 6.45) is 8.55. The maximum Gasteiger partial charge on any atom is 0.208 e. The molecule has 2 saturated carbocycles. The van der Waals surface area contributed by atoms with Crippen LogP contribution in [0, 0.1) is 11.3 Å². The second-order valence-corrected chi connectivity index (χ2v) is 10.9. The van der Waals surface area contributed by atoms with Crippen molar-refractivity contribution in [3.05, 3.63) is 41.5 Å². The number of benzene rings is 1. The molecule has 4 rings (SSSR count). The predicted octanol–water partition coefficient (Wildman–Crippen LogP) is 2.47. The first-order chi connectivity index (χ1) is 13.4. The quantitative estimate of drug-likeness (QED) is 0.665. The van der Waals surface area contributed by atoms with Gasteiger partial charge in [0.1, 0.15) is 0 Å². The summed E-state index contributed by atoms with van der Waals surface area (Å²) in [5.74, 6) is 0.710. The highest BCUT2D eigenvalue weighted by Gasteiger charge is 2.53. The van der Waals surface area contributed by atoms with Gasteiger partial charge in [0.05, 0.1) is 6.26 Å². The van der Waals surface area contributed by atoms with Gasteiger partial charge in [-0.05, 0) is 42.6 Å².